The average Bonchev–Trinajstić information content (AvgIpc) is 3.37. The first-order chi connectivity index (χ1) is 16.0. The average molecular weight is 466 g/mol. The molecule has 2 aromatic heterocycles. The van der Waals surface area contributed by atoms with Gasteiger partial charge in [0.1, 0.15) is 6.61 Å². The van der Waals surface area contributed by atoms with Crippen molar-refractivity contribution in [2.75, 3.05) is 20.3 Å². The second kappa shape index (κ2) is 8.74. The van der Waals surface area contributed by atoms with E-state index in [2.05, 4.69) is 23.9 Å². The molecule has 8 nitrogen and oxygen atoms in total. The SMILES string of the molecule is COc1cc(/C=c2/sc3nc([C@@H]4COc5ccccc5O4)nn3c2=O)ccc1OCC(C)C. The molecular weight excluding hydrogens is 442 g/mol. The molecule has 0 saturated carbocycles. The highest BCUT2D eigenvalue weighted by molar-refractivity contribution is 7.15. The van der Waals surface area contributed by atoms with Gasteiger partial charge < -0.3 is 18.9 Å². The third kappa shape index (κ3) is 4.23. The zero-order valence-corrected chi connectivity index (χ0v) is 19.3. The summed E-state index contributed by atoms with van der Waals surface area (Å²) in [4.78, 5) is 18.0. The molecule has 3 heterocycles. The molecule has 170 valence electrons. The van der Waals surface area contributed by atoms with Gasteiger partial charge in [0, 0.05) is 0 Å². The van der Waals surface area contributed by atoms with Gasteiger partial charge in [-0.25, -0.2) is 0 Å². The summed E-state index contributed by atoms with van der Waals surface area (Å²) in [5.41, 5.74) is 0.594. The van der Waals surface area contributed by atoms with Crippen LogP contribution < -0.4 is 29.0 Å². The van der Waals surface area contributed by atoms with Crippen LogP contribution >= 0.6 is 11.3 Å². The van der Waals surface area contributed by atoms with E-state index in [0.717, 1.165) is 5.56 Å². The summed E-state index contributed by atoms with van der Waals surface area (Å²) in [5.74, 6) is 3.45. The van der Waals surface area contributed by atoms with Crippen LogP contribution in [0.2, 0.25) is 0 Å². The van der Waals surface area contributed by atoms with Crippen LogP contribution in [0.15, 0.2) is 47.3 Å². The number of hydrogen-bond acceptors (Lipinski definition) is 8. The lowest BCUT2D eigenvalue weighted by Gasteiger charge is -2.24. The number of ether oxygens (including phenoxy) is 4. The fourth-order valence-electron chi connectivity index (χ4n) is 3.43. The Balaban J connectivity index is 1.42. The lowest BCUT2D eigenvalue weighted by Crippen LogP contribution is -2.26. The van der Waals surface area contributed by atoms with Crippen LogP contribution in [0.4, 0.5) is 0 Å². The maximum atomic E-state index is 12.9. The predicted octanol–water partition coefficient (Wildman–Crippen LogP) is 3.25. The second-order valence-corrected chi connectivity index (χ2v) is 9.07. The summed E-state index contributed by atoms with van der Waals surface area (Å²) in [6.07, 6.45) is 1.33. The van der Waals surface area contributed by atoms with Crippen molar-refractivity contribution in [2.24, 2.45) is 5.92 Å². The largest absolute Gasteiger partial charge is 0.493 e. The first-order valence-electron chi connectivity index (χ1n) is 10.6. The quantitative estimate of drug-likeness (QED) is 0.432. The number of thiazole rings is 1. The van der Waals surface area contributed by atoms with Crippen molar-refractivity contribution < 1.29 is 18.9 Å². The third-order valence-electron chi connectivity index (χ3n) is 5.05. The van der Waals surface area contributed by atoms with Crippen LogP contribution in [0, 0.1) is 5.92 Å². The van der Waals surface area contributed by atoms with E-state index in [1.807, 2.05) is 42.5 Å². The van der Waals surface area contributed by atoms with Crippen molar-refractivity contribution in [1.82, 2.24) is 14.6 Å². The van der Waals surface area contributed by atoms with Crippen molar-refractivity contribution in [3.63, 3.8) is 0 Å². The Morgan fingerprint density at radius 3 is 2.79 bits per heavy atom. The molecule has 1 atom stereocenters. The number of hydrogen-bond donors (Lipinski definition) is 0. The van der Waals surface area contributed by atoms with Crippen LogP contribution in [0.25, 0.3) is 11.0 Å². The molecule has 0 amide bonds. The van der Waals surface area contributed by atoms with Crippen LogP contribution in [0.1, 0.15) is 31.3 Å². The molecule has 0 bridgehead atoms. The Kier molecular flexibility index (Phi) is 5.63. The summed E-state index contributed by atoms with van der Waals surface area (Å²) in [6.45, 7) is 5.06. The predicted molar refractivity (Wildman–Crippen MR) is 125 cm³/mol. The summed E-state index contributed by atoms with van der Waals surface area (Å²) in [5, 5.41) is 4.39. The molecule has 0 aliphatic carbocycles. The van der Waals surface area contributed by atoms with E-state index in [4.69, 9.17) is 18.9 Å². The molecule has 0 unspecified atom stereocenters. The van der Waals surface area contributed by atoms with Crippen LogP contribution in [-0.4, -0.2) is 34.9 Å². The molecule has 2 aromatic carbocycles. The lowest BCUT2D eigenvalue weighted by molar-refractivity contribution is 0.0852. The normalized spacial score (nSPS) is 15.9. The highest BCUT2D eigenvalue weighted by atomic mass is 32.1. The highest BCUT2D eigenvalue weighted by Gasteiger charge is 2.27. The monoisotopic (exact) mass is 465 g/mol. The molecule has 0 N–H and O–H groups in total. The van der Waals surface area contributed by atoms with Crippen LogP contribution in [-0.2, 0) is 0 Å². The summed E-state index contributed by atoms with van der Waals surface area (Å²) >= 11 is 1.27. The van der Waals surface area contributed by atoms with Gasteiger partial charge in [-0.1, -0.05) is 43.4 Å². The molecule has 9 heteroatoms. The summed E-state index contributed by atoms with van der Waals surface area (Å²) in [6, 6.07) is 13.0. The number of rotatable bonds is 6. The molecule has 1 aliphatic heterocycles. The van der Waals surface area contributed by atoms with Crippen molar-refractivity contribution >= 4 is 22.4 Å². The molecule has 5 rings (SSSR count). The molecule has 1 aliphatic rings. The number of para-hydroxylation sites is 2. The van der Waals surface area contributed by atoms with Gasteiger partial charge in [-0.2, -0.15) is 9.50 Å². The minimum atomic E-state index is -0.471. The Bertz CT molecular complexity index is 1410. The van der Waals surface area contributed by atoms with E-state index in [1.165, 1.54) is 15.9 Å². The Labute approximate surface area is 194 Å². The maximum absolute atomic E-state index is 12.9. The molecular formula is C24H23N3O5S. The van der Waals surface area contributed by atoms with Gasteiger partial charge in [-0.05, 0) is 41.8 Å². The van der Waals surface area contributed by atoms with E-state index >= 15 is 0 Å². The van der Waals surface area contributed by atoms with Crippen LogP contribution in [0.5, 0.6) is 23.0 Å². The van der Waals surface area contributed by atoms with E-state index in [-0.39, 0.29) is 12.2 Å². The molecule has 0 radical (unpaired) electrons. The Morgan fingerprint density at radius 2 is 2.03 bits per heavy atom. The van der Waals surface area contributed by atoms with Crippen molar-refractivity contribution in [3.05, 3.63) is 68.7 Å². The standard InChI is InChI=1S/C24H23N3O5S/c1-14(2)12-30-17-9-8-15(10-19(17)29-3)11-21-23(28)27-24(33-21)25-22(26-27)20-13-31-16-6-4-5-7-18(16)32-20/h4-11,14,20H,12-13H2,1-3H3/b21-11+/t20-/m0/s1. The first kappa shape index (κ1) is 21.3. The van der Waals surface area contributed by atoms with Crippen molar-refractivity contribution in [2.45, 2.75) is 20.0 Å². The molecule has 33 heavy (non-hydrogen) atoms. The molecule has 0 saturated heterocycles. The zero-order valence-electron chi connectivity index (χ0n) is 18.5. The van der Waals surface area contributed by atoms with E-state index in [0.29, 0.717) is 50.8 Å². The van der Waals surface area contributed by atoms with E-state index in [9.17, 15) is 4.79 Å². The maximum Gasteiger partial charge on any atom is 0.291 e. The van der Waals surface area contributed by atoms with E-state index < -0.39 is 6.10 Å². The third-order valence-corrected chi connectivity index (χ3v) is 6.01. The highest BCUT2D eigenvalue weighted by Crippen LogP contribution is 2.35. The fraction of sp³-hybridized carbons (Fsp3) is 0.292. The summed E-state index contributed by atoms with van der Waals surface area (Å²) in [7, 11) is 1.60. The zero-order chi connectivity index (χ0) is 22.9. The molecule has 4 aromatic rings. The van der Waals surface area contributed by atoms with Gasteiger partial charge in [0.15, 0.2) is 34.9 Å². The van der Waals surface area contributed by atoms with Gasteiger partial charge in [0.25, 0.3) is 5.56 Å². The molecule has 0 fully saturated rings. The van der Waals surface area contributed by atoms with Gasteiger partial charge in [0.2, 0.25) is 4.96 Å². The van der Waals surface area contributed by atoms with Gasteiger partial charge in [0.05, 0.1) is 18.2 Å². The number of fused-ring (bicyclic) bond motifs is 2. The smallest absolute Gasteiger partial charge is 0.291 e. The number of methoxy groups -OCH3 is 1. The van der Waals surface area contributed by atoms with E-state index in [1.54, 1.807) is 13.2 Å². The van der Waals surface area contributed by atoms with Gasteiger partial charge >= 0.3 is 0 Å². The minimum absolute atomic E-state index is 0.232. The van der Waals surface area contributed by atoms with Crippen molar-refractivity contribution in [1.29, 1.82) is 0 Å². The van der Waals surface area contributed by atoms with Crippen LogP contribution in [0.3, 0.4) is 0 Å². The molecule has 0 spiro atoms. The Morgan fingerprint density at radius 1 is 1.21 bits per heavy atom. The second-order valence-electron chi connectivity index (χ2n) is 8.06. The lowest BCUT2D eigenvalue weighted by atomic mass is 10.2. The first-order valence-corrected chi connectivity index (χ1v) is 11.4. The van der Waals surface area contributed by atoms with Crippen molar-refractivity contribution in [3.8, 4) is 23.0 Å². The fourth-order valence-corrected chi connectivity index (χ4v) is 4.35. The Hall–Kier alpha value is -3.59. The minimum Gasteiger partial charge on any atom is -0.493 e. The van der Waals surface area contributed by atoms with Gasteiger partial charge in [-0.3, -0.25) is 4.79 Å². The topological polar surface area (TPSA) is 84.2 Å². The number of benzene rings is 2. The number of aromatic nitrogens is 3. The van der Waals surface area contributed by atoms with Gasteiger partial charge in [-0.15, -0.1) is 5.10 Å². The summed E-state index contributed by atoms with van der Waals surface area (Å²) < 4.78 is 24.8. The number of nitrogens with zero attached hydrogens (tertiary/aromatic N) is 3.